The first-order valence-electron chi connectivity index (χ1n) is 19.0. The van der Waals surface area contributed by atoms with Gasteiger partial charge in [-0.3, -0.25) is 4.79 Å². The van der Waals surface area contributed by atoms with Gasteiger partial charge in [-0.05, 0) is 51.4 Å². The molecule has 49 heavy (non-hydrogen) atoms. The van der Waals surface area contributed by atoms with Gasteiger partial charge in [0.05, 0.1) is 25.4 Å². The molecule has 1 rings (SSSR count). The van der Waals surface area contributed by atoms with E-state index in [0.29, 0.717) is 12.8 Å². The molecule has 0 aromatic heterocycles. The highest BCUT2D eigenvalue weighted by atomic mass is 16.7. The fraction of sp³-hybridized carbons (Fsp3) is 0.725. The predicted molar refractivity (Wildman–Crippen MR) is 198 cm³/mol. The van der Waals surface area contributed by atoms with Gasteiger partial charge in [0.15, 0.2) is 6.29 Å². The second-order valence-electron chi connectivity index (χ2n) is 13.0. The van der Waals surface area contributed by atoms with Crippen molar-refractivity contribution < 1.29 is 39.8 Å². The molecule has 0 saturated carbocycles. The van der Waals surface area contributed by atoms with Gasteiger partial charge in [0.2, 0.25) is 5.91 Å². The molecule has 1 heterocycles. The first-order chi connectivity index (χ1) is 23.8. The summed E-state index contributed by atoms with van der Waals surface area (Å²) in [6, 6.07) is -0.748. The minimum Gasteiger partial charge on any atom is -0.394 e. The van der Waals surface area contributed by atoms with Gasteiger partial charge in [-0.1, -0.05) is 132 Å². The van der Waals surface area contributed by atoms with Crippen molar-refractivity contribution in [2.45, 2.75) is 172 Å². The number of carbonyl (C=O) groups excluding carboxylic acids is 1. The lowest BCUT2D eigenvalue weighted by molar-refractivity contribution is -0.302. The van der Waals surface area contributed by atoms with Crippen LogP contribution in [0.2, 0.25) is 0 Å². The van der Waals surface area contributed by atoms with E-state index in [9.17, 15) is 30.3 Å². The van der Waals surface area contributed by atoms with Crippen LogP contribution in [-0.4, -0.2) is 87.5 Å². The fourth-order valence-corrected chi connectivity index (χ4v) is 5.55. The number of hydrogen-bond donors (Lipinski definition) is 6. The van der Waals surface area contributed by atoms with Gasteiger partial charge in [-0.25, -0.2) is 0 Å². The van der Waals surface area contributed by atoms with E-state index in [1.807, 2.05) is 0 Å². The van der Waals surface area contributed by atoms with Gasteiger partial charge in [-0.15, -0.1) is 0 Å². The van der Waals surface area contributed by atoms with Crippen LogP contribution in [0, 0.1) is 0 Å². The van der Waals surface area contributed by atoms with E-state index in [0.717, 1.165) is 57.8 Å². The predicted octanol–water partition coefficient (Wildman–Crippen LogP) is 6.49. The van der Waals surface area contributed by atoms with Gasteiger partial charge in [-0.2, -0.15) is 0 Å². The summed E-state index contributed by atoms with van der Waals surface area (Å²) in [5.41, 5.74) is 0. The maximum atomic E-state index is 12.8. The molecule has 9 heteroatoms. The molecular weight excluding hydrogens is 622 g/mol. The number of hydrogen-bond acceptors (Lipinski definition) is 8. The highest BCUT2D eigenvalue weighted by molar-refractivity contribution is 5.76. The van der Waals surface area contributed by atoms with Crippen LogP contribution in [0.5, 0.6) is 0 Å². The number of rotatable bonds is 29. The number of allylic oxidation sites excluding steroid dienone is 10. The second kappa shape index (κ2) is 30.7. The molecule has 0 aromatic rings. The SMILES string of the molecule is CC/C=C\C/C=C\C/C=C\C/C=C\C/C=C\CCCC(=O)NC(COC1OC(CO)C(O)C(O)C1O)C(O)CCCCCCCCCCC. The Morgan fingerprint density at radius 3 is 1.80 bits per heavy atom. The van der Waals surface area contributed by atoms with Crippen molar-refractivity contribution in [1.29, 1.82) is 0 Å². The highest BCUT2D eigenvalue weighted by Crippen LogP contribution is 2.22. The van der Waals surface area contributed by atoms with E-state index in [1.54, 1.807) is 0 Å². The van der Waals surface area contributed by atoms with Crippen molar-refractivity contribution in [1.82, 2.24) is 5.32 Å². The van der Waals surface area contributed by atoms with E-state index in [-0.39, 0.29) is 18.9 Å². The van der Waals surface area contributed by atoms with Gasteiger partial charge in [0, 0.05) is 6.42 Å². The highest BCUT2D eigenvalue weighted by Gasteiger charge is 2.44. The number of nitrogens with one attached hydrogen (secondary N) is 1. The van der Waals surface area contributed by atoms with E-state index in [2.05, 4.69) is 79.9 Å². The summed E-state index contributed by atoms with van der Waals surface area (Å²) in [6.07, 6.45) is 31.0. The van der Waals surface area contributed by atoms with Gasteiger partial charge in [0.1, 0.15) is 24.4 Å². The topological polar surface area (TPSA) is 149 Å². The summed E-state index contributed by atoms with van der Waals surface area (Å²) in [5, 5.41) is 53.9. The molecule has 1 aliphatic rings. The molecule has 1 aliphatic heterocycles. The minimum absolute atomic E-state index is 0.165. The van der Waals surface area contributed by atoms with E-state index in [1.165, 1.54) is 38.5 Å². The van der Waals surface area contributed by atoms with Crippen molar-refractivity contribution in [3.05, 3.63) is 60.8 Å². The molecule has 1 amide bonds. The largest absolute Gasteiger partial charge is 0.394 e. The molecule has 7 atom stereocenters. The zero-order valence-electron chi connectivity index (χ0n) is 30.4. The number of unbranched alkanes of at least 4 members (excludes halogenated alkanes) is 9. The summed E-state index contributed by atoms with van der Waals surface area (Å²) in [4.78, 5) is 12.8. The minimum atomic E-state index is -1.56. The molecule has 7 unspecified atom stereocenters. The average molecular weight is 692 g/mol. The number of ether oxygens (including phenoxy) is 2. The van der Waals surface area contributed by atoms with Crippen LogP contribution in [-0.2, 0) is 14.3 Å². The summed E-state index contributed by atoms with van der Waals surface area (Å²) in [5.74, 6) is -0.208. The van der Waals surface area contributed by atoms with Crippen LogP contribution in [0.4, 0.5) is 0 Å². The van der Waals surface area contributed by atoms with E-state index < -0.39 is 49.5 Å². The van der Waals surface area contributed by atoms with E-state index >= 15 is 0 Å². The maximum Gasteiger partial charge on any atom is 0.220 e. The summed E-state index contributed by atoms with van der Waals surface area (Å²) < 4.78 is 11.2. The molecule has 0 aromatic carbocycles. The third-order valence-electron chi connectivity index (χ3n) is 8.64. The summed E-state index contributed by atoms with van der Waals surface area (Å²) in [7, 11) is 0. The van der Waals surface area contributed by atoms with Crippen LogP contribution in [0.1, 0.15) is 129 Å². The maximum absolute atomic E-state index is 12.8. The Balaban J connectivity index is 2.46. The van der Waals surface area contributed by atoms with Crippen LogP contribution in [0.3, 0.4) is 0 Å². The molecule has 0 spiro atoms. The Labute approximate surface area is 296 Å². The molecule has 0 radical (unpaired) electrons. The van der Waals surface area contributed by atoms with Crippen LogP contribution in [0.25, 0.3) is 0 Å². The molecule has 1 saturated heterocycles. The molecular formula is C40H69NO8. The monoisotopic (exact) mass is 692 g/mol. The molecule has 282 valence electrons. The number of aliphatic hydroxyl groups is 5. The molecule has 0 aliphatic carbocycles. The number of aliphatic hydroxyl groups excluding tert-OH is 5. The Kier molecular flexibility index (Phi) is 28.1. The second-order valence-corrected chi connectivity index (χ2v) is 13.0. The van der Waals surface area contributed by atoms with Crippen LogP contribution >= 0.6 is 0 Å². The van der Waals surface area contributed by atoms with Crippen molar-refractivity contribution in [2.24, 2.45) is 0 Å². The normalized spacial score (nSPS) is 23.1. The van der Waals surface area contributed by atoms with Crippen LogP contribution < -0.4 is 5.32 Å². The third kappa shape index (κ3) is 22.4. The van der Waals surface area contributed by atoms with Crippen molar-refractivity contribution in [3.8, 4) is 0 Å². The van der Waals surface area contributed by atoms with Crippen LogP contribution in [0.15, 0.2) is 60.8 Å². The Bertz CT molecular complexity index is 947. The third-order valence-corrected chi connectivity index (χ3v) is 8.64. The Morgan fingerprint density at radius 2 is 1.24 bits per heavy atom. The standard InChI is InChI=1S/C40H69NO8/c1-3-5-7-9-11-13-14-15-16-17-18-19-20-22-24-26-28-30-36(44)41-33(34(43)29-27-25-23-21-12-10-8-6-4-2)32-48-40-39(47)38(46)37(45)35(31-42)49-40/h5,7,11,13,15-16,18-19,22,24,33-35,37-40,42-43,45-47H,3-4,6,8-10,12,14,17,20-21,23,25-32H2,1-2H3,(H,41,44)/b7-5-,13-11-,16-15-,19-18-,24-22-. The lowest BCUT2D eigenvalue weighted by Crippen LogP contribution is -2.60. The molecule has 1 fully saturated rings. The molecule has 6 N–H and O–H groups in total. The zero-order chi connectivity index (χ0) is 36.0. The molecule has 9 nitrogen and oxygen atoms in total. The van der Waals surface area contributed by atoms with Gasteiger partial charge in [0.25, 0.3) is 0 Å². The lowest BCUT2D eigenvalue weighted by atomic mass is 9.99. The van der Waals surface area contributed by atoms with Crippen molar-refractivity contribution >= 4 is 5.91 Å². The lowest BCUT2D eigenvalue weighted by Gasteiger charge is -2.40. The first kappa shape index (κ1) is 44.9. The average Bonchev–Trinajstić information content (AvgIpc) is 3.10. The number of amides is 1. The smallest absolute Gasteiger partial charge is 0.220 e. The van der Waals surface area contributed by atoms with E-state index in [4.69, 9.17) is 9.47 Å². The Morgan fingerprint density at radius 1 is 0.714 bits per heavy atom. The summed E-state index contributed by atoms with van der Waals surface area (Å²) >= 11 is 0. The fourth-order valence-electron chi connectivity index (χ4n) is 5.55. The van der Waals surface area contributed by atoms with Crippen molar-refractivity contribution in [3.63, 3.8) is 0 Å². The van der Waals surface area contributed by atoms with Gasteiger partial charge >= 0.3 is 0 Å². The Hall–Kier alpha value is -2.11. The van der Waals surface area contributed by atoms with Crippen molar-refractivity contribution in [2.75, 3.05) is 13.2 Å². The van der Waals surface area contributed by atoms with Gasteiger partial charge < -0.3 is 40.3 Å². The first-order valence-corrected chi connectivity index (χ1v) is 19.0. The summed E-state index contributed by atoms with van der Waals surface area (Å²) in [6.45, 7) is 3.62. The zero-order valence-corrected chi connectivity index (χ0v) is 30.4. The molecule has 0 bridgehead atoms. The number of carbonyl (C=O) groups is 1. The quantitative estimate of drug-likeness (QED) is 0.0385.